The Labute approximate surface area is 53.6 Å². The van der Waals surface area contributed by atoms with Crippen molar-refractivity contribution in [2.24, 2.45) is 5.73 Å². The SMILES string of the molecule is CCC(C)N.[Pt]. The fourth-order valence-electron chi connectivity index (χ4n) is 0. The molecule has 0 aromatic carbocycles. The van der Waals surface area contributed by atoms with Crippen LogP contribution in [0.5, 0.6) is 0 Å². The standard InChI is InChI=1S/C4H11N.Pt/c1-3-4(2)5;/h4H,3,5H2,1-2H3;. The summed E-state index contributed by atoms with van der Waals surface area (Å²) in [4.78, 5) is 0. The maximum atomic E-state index is 5.29. The third-order valence-electron chi connectivity index (χ3n) is 0.644. The molecule has 2 N–H and O–H groups in total. The largest absolute Gasteiger partial charge is 0.328 e. The Morgan fingerprint density at radius 2 is 1.83 bits per heavy atom. The molecule has 0 aliphatic rings. The van der Waals surface area contributed by atoms with Crippen molar-refractivity contribution in [2.75, 3.05) is 0 Å². The van der Waals surface area contributed by atoms with Gasteiger partial charge in [0.2, 0.25) is 0 Å². The first-order valence-electron chi connectivity index (χ1n) is 2.03. The molecule has 6 heavy (non-hydrogen) atoms. The zero-order chi connectivity index (χ0) is 4.28. The third kappa shape index (κ3) is 8.82. The van der Waals surface area contributed by atoms with E-state index in [1.54, 1.807) is 0 Å². The fourth-order valence-corrected chi connectivity index (χ4v) is 0. The first kappa shape index (κ1) is 9.82. The molecule has 0 saturated heterocycles. The Balaban J connectivity index is 0. The van der Waals surface area contributed by atoms with Gasteiger partial charge in [0, 0.05) is 27.1 Å². The van der Waals surface area contributed by atoms with E-state index in [2.05, 4.69) is 6.92 Å². The van der Waals surface area contributed by atoms with Crippen LogP contribution in [-0.2, 0) is 21.1 Å². The van der Waals surface area contributed by atoms with Crippen molar-refractivity contribution in [1.82, 2.24) is 0 Å². The second kappa shape index (κ2) is 5.65. The molecule has 0 aliphatic carbocycles. The second-order valence-corrected chi connectivity index (χ2v) is 1.39. The van der Waals surface area contributed by atoms with Crippen molar-refractivity contribution in [2.45, 2.75) is 26.3 Å². The van der Waals surface area contributed by atoms with Crippen LogP contribution in [0.1, 0.15) is 20.3 Å². The van der Waals surface area contributed by atoms with E-state index in [-0.39, 0.29) is 21.1 Å². The summed E-state index contributed by atoms with van der Waals surface area (Å²) < 4.78 is 0. The zero-order valence-electron chi connectivity index (χ0n) is 4.18. The average Bonchev–Trinajstić information content (AvgIpc) is 1.38. The summed E-state index contributed by atoms with van der Waals surface area (Å²) in [5, 5.41) is 0. The summed E-state index contributed by atoms with van der Waals surface area (Å²) >= 11 is 0. The van der Waals surface area contributed by atoms with Crippen LogP contribution in [-0.4, -0.2) is 6.04 Å². The van der Waals surface area contributed by atoms with Crippen LogP contribution >= 0.6 is 0 Å². The van der Waals surface area contributed by atoms with Crippen molar-refractivity contribution < 1.29 is 21.1 Å². The van der Waals surface area contributed by atoms with Gasteiger partial charge in [-0.05, 0) is 13.3 Å². The van der Waals surface area contributed by atoms with Gasteiger partial charge < -0.3 is 5.73 Å². The molecule has 0 bridgehead atoms. The molecule has 1 nitrogen and oxygen atoms in total. The maximum absolute atomic E-state index is 5.29. The van der Waals surface area contributed by atoms with Gasteiger partial charge in [-0.3, -0.25) is 0 Å². The van der Waals surface area contributed by atoms with E-state index in [0.717, 1.165) is 6.42 Å². The molecule has 0 aliphatic heterocycles. The van der Waals surface area contributed by atoms with E-state index in [1.165, 1.54) is 0 Å². The summed E-state index contributed by atoms with van der Waals surface area (Å²) in [6.45, 7) is 4.07. The smallest absolute Gasteiger partial charge is 0.000781 e. The van der Waals surface area contributed by atoms with Crippen LogP contribution in [0.25, 0.3) is 0 Å². The molecular formula is C4H11NPt. The van der Waals surface area contributed by atoms with Gasteiger partial charge in [0.25, 0.3) is 0 Å². The van der Waals surface area contributed by atoms with Gasteiger partial charge in [0.05, 0.1) is 0 Å². The van der Waals surface area contributed by atoms with Crippen LogP contribution in [0, 0.1) is 0 Å². The molecule has 0 aromatic heterocycles. The Kier molecular flexibility index (Phi) is 9.24. The number of rotatable bonds is 1. The van der Waals surface area contributed by atoms with E-state index < -0.39 is 0 Å². The maximum Gasteiger partial charge on any atom is 0.000781 e. The third-order valence-corrected chi connectivity index (χ3v) is 0.644. The molecule has 0 rings (SSSR count). The first-order chi connectivity index (χ1) is 2.27. The molecule has 0 aromatic rings. The Hall–Kier alpha value is 0.648. The Bertz CT molecular complexity index is 21.5. The van der Waals surface area contributed by atoms with Crippen LogP contribution in [0.3, 0.4) is 0 Å². The van der Waals surface area contributed by atoms with Crippen LogP contribution in [0.4, 0.5) is 0 Å². The van der Waals surface area contributed by atoms with Crippen LogP contribution < -0.4 is 5.73 Å². The van der Waals surface area contributed by atoms with Crippen molar-refractivity contribution in [3.63, 3.8) is 0 Å². The van der Waals surface area contributed by atoms with E-state index in [9.17, 15) is 0 Å². The Morgan fingerprint density at radius 3 is 1.83 bits per heavy atom. The van der Waals surface area contributed by atoms with Crippen LogP contribution in [0.2, 0.25) is 0 Å². The van der Waals surface area contributed by atoms with Gasteiger partial charge in [0.15, 0.2) is 0 Å². The number of hydrogen-bond acceptors (Lipinski definition) is 1. The first-order valence-corrected chi connectivity index (χ1v) is 2.03. The van der Waals surface area contributed by atoms with Crippen molar-refractivity contribution in [3.05, 3.63) is 0 Å². The second-order valence-electron chi connectivity index (χ2n) is 1.39. The minimum atomic E-state index is 0. The summed E-state index contributed by atoms with van der Waals surface area (Å²) in [5.74, 6) is 0. The van der Waals surface area contributed by atoms with Gasteiger partial charge in [0.1, 0.15) is 0 Å². The molecule has 0 heterocycles. The molecule has 1 unspecified atom stereocenters. The minimum Gasteiger partial charge on any atom is -0.328 e. The van der Waals surface area contributed by atoms with Gasteiger partial charge in [-0.1, -0.05) is 6.92 Å². The number of hydrogen-bond donors (Lipinski definition) is 1. The quantitative estimate of drug-likeness (QED) is 0.746. The molecule has 1 atom stereocenters. The molecule has 2 heteroatoms. The van der Waals surface area contributed by atoms with Gasteiger partial charge >= 0.3 is 0 Å². The predicted octanol–water partition coefficient (Wildman–Crippen LogP) is 0.741. The summed E-state index contributed by atoms with van der Waals surface area (Å²) in [7, 11) is 0. The monoisotopic (exact) mass is 268 g/mol. The summed E-state index contributed by atoms with van der Waals surface area (Å²) in [5.41, 5.74) is 5.29. The molecule has 0 saturated carbocycles. The summed E-state index contributed by atoms with van der Waals surface area (Å²) in [6, 6.07) is 0.384. The van der Waals surface area contributed by atoms with Crippen LogP contribution in [0.15, 0.2) is 0 Å². The summed E-state index contributed by atoms with van der Waals surface area (Å²) in [6.07, 6.45) is 1.08. The van der Waals surface area contributed by atoms with E-state index >= 15 is 0 Å². The average molecular weight is 268 g/mol. The molecule has 0 radical (unpaired) electrons. The van der Waals surface area contributed by atoms with Gasteiger partial charge in [-0.2, -0.15) is 0 Å². The fraction of sp³-hybridized carbons (Fsp3) is 1.00. The molecule has 42 valence electrons. The normalized spacial score (nSPS) is 12.5. The molecular weight excluding hydrogens is 257 g/mol. The van der Waals surface area contributed by atoms with E-state index in [4.69, 9.17) is 5.73 Å². The number of nitrogens with two attached hydrogens (primary N) is 1. The van der Waals surface area contributed by atoms with Crippen molar-refractivity contribution >= 4 is 0 Å². The van der Waals surface area contributed by atoms with Gasteiger partial charge in [-0.25, -0.2) is 0 Å². The Morgan fingerprint density at radius 1 is 1.67 bits per heavy atom. The van der Waals surface area contributed by atoms with E-state index in [1.807, 2.05) is 6.92 Å². The molecule has 0 spiro atoms. The topological polar surface area (TPSA) is 26.0 Å². The molecule has 0 fully saturated rings. The van der Waals surface area contributed by atoms with Crippen molar-refractivity contribution in [1.29, 1.82) is 0 Å². The van der Waals surface area contributed by atoms with E-state index in [0.29, 0.717) is 6.04 Å². The zero-order valence-corrected chi connectivity index (χ0v) is 6.45. The van der Waals surface area contributed by atoms with Gasteiger partial charge in [-0.15, -0.1) is 0 Å². The molecule has 0 amide bonds. The predicted molar refractivity (Wildman–Crippen MR) is 23.9 cm³/mol. The minimum absolute atomic E-state index is 0. The van der Waals surface area contributed by atoms with Crippen molar-refractivity contribution in [3.8, 4) is 0 Å².